The van der Waals surface area contributed by atoms with Crippen molar-refractivity contribution in [3.8, 4) is 0 Å². The molecule has 1 aliphatic rings. The first-order valence-corrected chi connectivity index (χ1v) is 14.7. The summed E-state index contributed by atoms with van der Waals surface area (Å²) in [7, 11) is 0. The van der Waals surface area contributed by atoms with Gasteiger partial charge in [-0.05, 0) is 85.3 Å². The van der Waals surface area contributed by atoms with Crippen LogP contribution in [-0.2, 0) is 16.0 Å². The smallest absolute Gasteiger partial charge is 0.317 e. The Morgan fingerprint density at radius 1 is 1.07 bits per heavy atom. The van der Waals surface area contributed by atoms with E-state index in [4.69, 9.17) is 0 Å². The van der Waals surface area contributed by atoms with Crippen molar-refractivity contribution >= 4 is 17.8 Å². The molecule has 1 fully saturated rings. The molecule has 4 N–H and O–H groups in total. The Balaban J connectivity index is 2.23. The Bertz CT molecular complexity index is 949. The van der Waals surface area contributed by atoms with Crippen LogP contribution >= 0.6 is 0 Å². The number of nitrogens with zero attached hydrogens (tertiary/aromatic N) is 2. The van der Waals surface area contributed by atoms with E-state index in [0.717, 1.165) is 31.4 Å². The minimum absolute atomic E-state index is 0.0698. The van der Waals surface area contributed by atoms with Crippen molar-refractivity contribution in [1.82, 2.24) is 25.8 Å². The quantitative estimate of drug-likeness (QED) is 0.314. The van der Waals surface area contributed by atoms with Crippen molar-refractivity contribution in [2.24, 2.45) is 5.92 Å². The fraction of sp³-hybridized carbons (Fsp3) is 0.710. The number of amides is 4. The number of aliphatic hydroxyl groups is 1. The minimum atomic E-state index is -1.02. The van der Waals surface area contributed by atoms with Gasteiger partial charge in [0, 0.05) is 17.6 Å². The zero-order valence-electron chi connectivity index (χ0n) is 25.9. The number of urea groups is 1. The summed E-state index contributed by atoms with van der Waals surface area (Å²) in [5.41, 5.74) is -0.0173. The van der Waals surface area contributed by atoms with Crippen molar-refractivity contribution in [2.45, 2.75) is 110 Å². The van der Waals surface area contributed by atoms with Crippen LogP contribution in [0.1, 0.15) is 80.2 Å². The van der Waals surface area contributed by atoms with Crippen LogP contribution in [0.4, 0.5) is 4.79 Å². The van der Waals surface area contributed by atoms with Gasteiger partial charge in [0.05, 0.1) is 24.7 Å². The lowest BCUT2D eigenvalue weighted by atomic mass is 10.00. The first-order valence-electron chi connectivity index (χ1n) is 14.7. The van der Waals surface area contributed by atoms with E-state index in [1.54, 1.807) is 9.80 Å². The van der Waals surface area contributed by atoms with Crippen LogP contribution in [0, 0.1) is 5.92 Å². The third kappa shape index (κ3) is 11.5. The monoisotopic (exact) mass is 559 g/mol. The highest BCUT2D eigenvalue weighted by atomic mass is 16.3. The summed E-state index contributed by atoms with van der Waals surface area (Å²) in [5.74, 6) is -0.0367. The van der Waals surface area contributed by atoms with E-state index in [9.17, 15) is 19.5 Å². The Labute approximate surface area is 241 Å². The molecule has 1 aliphatic heterocycles. The molecule has 1 heterocycles. The van der Waals surface area contributed by atoms with Crippen LogP contribution in [0.25, 0.3) is 0 Å². The van der Waals surface area contributed by atoms with Crippen molar-refractivity contribution in [3.05, 3.63) is 35.9 Å². The molecule has 3 atom stereocenters. The Morgan fingerprint density at radius 3 is 2.25 bits per heavy atom. The van der Waals surface area contributed by atoms with Gasteiger partial charge in [-0.1, -0.05) is 44.2 Å². The number of carbonyl (C=O) groups excluding carboxylic acids is 3. The molecular weight excluding hydrogens is 506 g/mol. The largest absolute Gasteiger partial charge is 0.389 e. The Morgan fingerprint density at radius 2 is 1.73 bits per heavy atom. The molecule has 2 rings (SSSR count). The number of hydrogen-bond acceptors (Lipinski definition) is 5. The second-order valence-corrected chi connectivity index (χ2v) is 13.5. The summed E-state index contributed by atoms with van der Waals surface area (Å²) in [6.07, 6.45) is 1.85. The van der Waals surface area contributed by atoms with Crippen molar-refractivity contribution in [3.63, 3.8) is 0 Å². The van der Waals surface area contributed by atoms with Crippen LogP contribution in [0.2, 0.25) is 0 Å². The van der Waals surface area contributed by atoms with Gasteiger partial charge < -0.3 is 30.9 Å². The first kappa shape index (κ1) is 33.6. The van der Waals surface area contributed by atoms with Gasteiger partial charge in [0.25, 0.3) is 0 Å². The van der Waals surface area contributed by atoms with Gasteiger partial charge in [0.2, 0.25) is 11.8 Å². The van der Waals surface area contributed by atoms with Crippen molar-refractivity contribution < 1.29 is 19.5 Å². The molecule has 226 valence electrons. The maximum atomic E-state index is 13.4. The van der Waals surface area contributed by atoms with Crippen LogP contribution < -0.4 is 16.0 Å². The molecule has 0 spiro atoms. The highest BCUT2D eigenvalue weighted by Crippen LogP contribution is 2.18. The van der Waals surface area contributed by atoms with E-state index < -0.39 is 23.2 Å². The average Bonchev–Trinajstić information content (AvgIpc) is 3.38. The Hall–Kier alpha value is -2.65. The van der Waals surface area contributed by atoms with Crippen molar-refractivity contribution in [2.75, 3.05) is 26.2 Å². The van der Waals surface area contributed by atoms with Crippen LogP contribution in [0.15, 0.2) is 30.3 Å². The predicted molar refractivity (Wildman–Crippen MR) is 160 cm³/mol. The van der Waals surface area contributed by atoms with Crippen LogP contribution in [0.3, 0.4) is 0 Å². The molecule has 4 amide bonds. The van der Waals surface area contributed by atoms with Gasteiger partial charge in [-0.2, -0.15) is 0 Å². The Kier molecular flexibility index (Phi) is 12.4. The fourth-order valence-corrected chi connectivity index (χ4v) is 4.72. The first-order chi connectivity index (χ1) is 18.6. The maximum absolute atomic E-state index is 13.4. The standard InChI is InChI=1S/C31H53N5O4/c1-22(2)16-18-35(29(40)34-30(3,4)5)20-26(37)25(19-23-13-10-9-11-14-23)33-27(38)21-36(31(6,7)8)28(39)24-15-12-17-32-24/h9-11,13-14,22,24-26,32,37H,12,15-21H2,1-8H3,(H,33,38)(H,34,40)/t24-,25+,26-/m1/s1. The van der Waals surface area contributed by atoms with Gasteiger partial charge in [-0.15, -0.1) is 0 Å². The topological polar surface area (TPSA) is 114 Å². The molecule has 0 bridgehead atoms. The molecule has 9 heteroatoms. The summed E-state index contributed by atoms with van der Waals surface area (Å²) < 4.78 is 0. The number of nitrogens with one attached hydrogen (secondary N) is 3. The zero-order valence-corrected chi connectivity index (χ0v) is 25.9. The van der Waals surface area contributed by atoms with Crippen LogP contribution in [-0.4, -0.2) is 88.2 Å². The van der Waals surface area contributed by atoms with Gasteiger partial charge in [0.1, 0.15) is 6.54 Å². The van der Waals surface area contributed by atoms with Crippen LogP contribution in [0.5, 0.6) is 0 Å². The molecule has 0 aromatic heterocycles. The molecule has 0 unspecified atom stereocenters. The number of carbonyl (C=O) groups is 3. The second kappa shape index (κ2) is 14.8. The van der Waals surface area contributed by atoms with Gasteiger partial charge in [-0.3, -0.25) is 9.59 Å². The van der Waals surface area contributed by atoms with Gasteiger partial charge in [-0.25, -0.2) is 4.79 Å². The van der Waals surface area contributed by atoms with E-state index in [0.29, 0.717) is 18.9 Å². The second-order valence-electron chi connectivity index (χ2n) is 13.5. The fourth-order valence-electron chi connectivity index (χ4n) is 4.72. The third-order valence-corrected chi connectivity index (χ3v) is 7.00. The molecule has 0 saturated carbocycles. The number of hydrogen-bond donors (Lipinski definition) is 4. The van der Waals surface area contributed by atoms with Crippen molar-refractivity contribution in [1.29, 1.82) is 0 Å². The highest BCUT2D eigenvalue weighted by Gasteiger charge is 2.35. The molecule has 9 nitrogen and oxygen atoms in total. The molecule has 1 saturated heterocycles. The lowest BCUT2D eigenvalue weighted by Gasteiger charge is -2.38. The summed E-state index contributed by atoms with van der Waals surface area (Å²) >= 11 is 0. The number of benzene rings is 1. The van der Waals surface area contributed by atoms with Gasteiger partial charge >= 0.3 is 6.03 Å². The molecule has 0 aliphatic carbocycles. The van der Waals surface area contributed by atoms with Gasteiger partial charge in [0.15, 0.2) is 0 Å². The lowest BCUT2D eigenvalue weighted by molar-refractivity contribution is -0.142. The normalized spacial score (nSPS) is 17.3. The highest BCUT2D eigenvalue weighted by molar-refractivity contribution is 5.88. The summed E-state index contributed by atoms with van der Waals surface area (Å²) in [4.78, 5) is 43.1. The number of aliphatic hydroxyl groups excluding tert-OH is 1. The zero-order chi connectivity index (χ0) is 30.1. The predicted octanol–water partition coefficient (Wildman–Crippen LogP) is 3.31. The average molecular weight is 560 g/mol. The van der Waals surface area contributed by atoms with E-state index >= 15 is 0 Å². The van der Waals surface area contributed by atoms with E-state index in [1.807, 2.05) is 71.9 Å². The summed E-state index contributed by atoms with van der Waals surface area (Å²) in [6, 6.07) is 8.47. The molecule has 40 heavy (non-hydrogen) atoms. The SMILES string of the molecule is CC(C)CCN(C[C@@H](O)[C@H](Cc1ccccc1)NC(=O)CN(C(=O)[C@H]1CCCN1)C(C)(C)C)C(=O)NC(C)(C)C. The lowest BCUT2D eigenvalue weighted by Crippen LogP contribution is -2.58. The molecular formula is C31H53N5O4. The number of rotatable bonds is 12. The van der Waals surface area contributed by atoms with E-state index in [-0.39, 0.29) is 37.0 Å². The molecule has 0 radical (unpaired) electrons. The van der Waals surface area contributed by atoms with E-state index in [1.165, 1.54) is 0 Å². The minimum Gasteiger partial charge on any atom is -0.389 e. The maximum Gasteiger partial charge on any atom is 0.317 e. The molecule has 1 aromatic rings. The van der Waals surface area contributed by atoms with E-state index in [2.05, 4.69) is 29.8 Å². The third-order valence-electron chi connectivity index (χ3n) is 7.00. The summed E-state index contributed by atoms with van der Waals surface area (Å²) in [5, 5.41) is 20.7. The summed E-state index contributed by atoms with van der Waals surface area (Å²) in [6.45, 7) is 17.0. The molecule has 1 aromatic carbocycles.